The largest absolute Gasteiger partial charge is 0.399 e. The van der Waals surface area contributed by atoms with Crippen molar-refractivity contribution >= 4 is 5.69 Å². The molecule has 2 heterocycles. The number of rotatable bonds is 2. The molecule has 3 rings (SSSR count). The van der Waals surface area contributed by atoms with Crippen LogP contribution in [0, 0.1) is 5.92 Å². The molecule has 0 amide bonds. The van der Waals surface area contributed by atoms with E-state index < -0.39 is 0 Å². The van der Waals surface area contributed by atoms with Gasteiger partial charge in [0, 0.05) is 30.3 Å². The monoisotopic (exact) mass is 246 g/mol. The fourth-order valence-electron chi connectivity index (χ4n) is 3.95. The van der Waals surface area contributed by atoms with E-state index >= 15 is 0 Å². The first-order valence-electron chi connectivity index (χ1n) is 6.89. The molecule has 0 aromatic heterocycles. The van der Waals surface area contributed by atoms with Gasteiger partial charge in [0.2, 0.25) is 0 Å². The number of nitrogens with zero attached hydrogens (tertiary/aromatic N) is 1. The van der Waals surface area contributed by atoms with E-state index in [0.29, 0.717) is 23.9 Å². The number of piperidine rings is 1. The quantitative estimate of drug-likeness (QED) is 0.783. The third kappa shape index (κ3) is 1.82. The maximum atomic E-state index is 9.76. The van der Waals surface area contributed by atoms with Gasteiger partial charge >= 0.3 is 0 Å². The molecule has 18 heavy (non-hydrogen) atoms. The summed E-state index contributed by atoms with van der Waals surface area (Å²) in [5, 5.41) is 9.76. The van der Waals surface area contributed by atoms with Crippen LogP contribution in [-0.2, 0) is 0 Å². The van der Waals surface area contributed by atoms with Crippen molar-refractivity contribution in [3.05, 3.63) is 29.8 Å². The van der Waals surface area contributed by atoms with Gasteiger partial charge < -0.3 is 15.7 Å². The smallest absolute Gasteiger partial charge is 0.0480 e. The summed E-state index contributed by atoms with van der Waals surface area (Å²) < 4.78 is 0. The Hall–Kier alpha value is -1.06. The van der Waals surface area contributed by atoms with Gasteiger partial charge in [-0.3, -0.25) is 0 Å². The van der Waals surface area contributed by atoms with E-state index in [-0.39, 0.29) is 6.61 Å². The van der Waals surface area contributed by atoms with Crippen LogP contribution in [0.1, 0.15) is 30.7 Å². The summed E-state index contributed by atoms with van der Waals surface area (Å²) in [5.41, 5.74) is 7.91. The van der Waals surface area contributed by atoms with Crippen LogP contribution in [0.3, 0.4) is 0 Å². The van der Waals surface area contributed by atoms with Crippen molar-refractivity contribution in [3.8, 4) is 0 Å². The first-order valence-corrected chi connectivity index (χ1v) is 6.89. The van der Waals surface area contributed by atoms with Gasteiger partial charge in [-0.05, 0) is 49.9 Å². The van der Waals surface area contributed by atoms with Crippen LogP contribution in [0.2, 0.25) is 0 Å². The fourth-order valence-corrected chi connectivity index (χ4v) is 3.95. The highest BCUT2D eigenvalue weighted by atomic mass is 16.3. The van der Waals surface area contributed by atoms with Crippen LogP contribution in [0.25, 0.3) is 0 Å². The average molecular weight is 246 g/mol. The number of fused-ring (bicyclic) bond motifs is 2. The number of nitrogen functional groups attached to an aromatic ring is 1. The van der Waals surface area contributed by atoms with Crippen molar-refractivity contribution in [2.75, 3.05) is 19.4 Å². The maximum Gasteiger partial charge on any atom is 0.0480 e. The van der Waals surface area contributed by atoms with Gasteiger partial charge in [-0.1, -0.05) is 12.1 Å². The first-order chi connectivity index (χ1) is 8.70. The molecule has 2 aliphatic heterocycles. The lowest BCUT2D eigenvalue weighted by molar-refractivity contribution is 0.0592. The van der Waals surface area contributed by atoms with Crippen molar-refractivity contribution < 1.29 is 5.11 Å². The van der Waals surface area contributed by atoms with Crippen molar-refractivity contribution in [1.82, 2.24) is 4.90 Å². The minimum absolute atomic E-state index is 0.288. The van der Waals surface area contributed by atoms with Gasteiger partial charge in [0.1, 0.15) is 0 Å². The Morgan fingerprint density at radius 2 is 2.00 bits per heavy atom. The van der Waals surface area contributed by atoms with Crippen LogP contribution in [-0.4, -0.2) is 35.7 Å². The molecule has 2 aliphatic rings. The number of anilines is 1. The molecule has 0 saturated carbocycles. The Morgan fingerprint density at radius 3 is 2.67 bits per heavy atom. The summed E-state index contributed by atoms with van der Waals surface area (Å²) in [7, 11) is 2.21. The summed E-state index contributed by atoms with van der Waals surface area (Å²) >= 11 is 0. The van der Waals surface area contributed by atoms with Crippen LogP contribution in [0.5, 0.6) is 0 Å². The van der Waals surface area contributed by atoms with Crippen molar-refractivity contribution in [2.45, 2.75) is 37.3 Å². The number of nitrogens with two attached hydrogens (primary N) is 1. The SMILES string of the molecule is CN1[C@H]2CC[C@@H]1[C@@H](CO)[C@@H](c1ccc(N)cc1)C2. The molecule has 1 aromatic rings. The van der Waals surface area contributed by atoms with Crippen molar-refractivity contribution in [2.24, 2.45) is 5.92 Å². The third-order valence-corrected chi connectivity index (χ3v) is 5.01. The molecule has 98 valence electrons. The molecular weight excluding hydrogens is 224 g/mol. The maximum absolute atomic E-state index is 9.76. The summed E-state index contributed by atoms with van der Waals surface area (Å²) in [6.45, 7) is 0.288. The van der Waals surface area contributed by atoms with E-state index in [2.05, 4.69) is 24.1 Å². The predicted octanol–water partition coefficient (Wildman–Crippen LogP) is 1.83. The second-order valence-electron chi connectivity index (χ2n) is 5.82. The second kappa shape index (κ2) is 4.56. The molecule has 0 spiro atoms. The second-order valence-corrected chi connectivity index (χ2v) is 5.82. The van der Waals surface area contributed by atoms with E-state index in [0.717, 1.165) is 5.69 Å². The number of hydrogen-bond acceptors (Lipinski definition) is 3. The van der Waals surface area contributed by atoms with E-state index in [1.165, 1.54) is 24.8 Å². The molecule has 1 aromatic carbocycles. The van der Waals surface area contributed by atoms with Gasteiger partial charge in [0.05, 0.1) is 0 Å². The van der Waals surface area contributed by atoms with Crippen LogP contribution in [0.4, 0.5) is 5.69 Å². The molecule has 3 nitrogen and oxygen atoms in total. The normalized spacial score (nSPS) is 35.9. The summed E-state index contributed by atoms with van der Waals surface area (Å²) in [4.78, 5) is 2.48. The Balaban J connectivity index is 1.89. The molecule has 2 fully saturated rings. The Labute approximate surface area is 109 Å². The summed E-state index contributed by atoms with van der Waals surface area (Å²) in [6, 6.07) is 9.46. The van der Waals surface area contributed by atoms with E-state index in [9.17, 15) is 5.11 Å². The van der Waals surface area contributed by atoms with Gasteiger partial charge in [-0.15, -0.1) is 0 Å². The van der Waals surface area contributed by atoms with E-state index in [1.54, 1.807) is 0 Å². The van der Waals surface area contributed by atoms with Crippen molar-refractivity contribution in [1.29, 1.82) is 0 Å². The van der Waals surface area contributed by atoms with Crippen LogP contribution < -0.4 is 5.73 Å². The number of aliphatic hydroxyl groups is 1. The number of hydrogen-bond donors (Lipinski definition) is 2. The minimum Gasteiger partial charge on any atom is -0.399 e. The Bertz CT molecular complexity index is 417. The van der Waals surface area contributed by atoms with Gasteiger partial charge in [0.15, 0.2) is 0 Å². The molecule has 4 atom stereocenters. The number of aliphatic hydroxyl groups excluding tert-OH is 1. The highest BCUT2D eigenvalue weighted by Gasteiger charge is 2.45. The van der Waals surface area contributed by atoms with Gasteiger partial charge in [0.25, 0.3) is 0 Å². The Morgan fingerprint density at radius 1 is 1.28 bits per heavy atom. The molecule has 3 N–H and O–H groups in total. The van der Waals surface area contributed by atoms with E-state index in [1.807, 2.05) is 12.1 Å². The average Bonchev–Trinajstić information content (AvgIpc) is 2.63. The lowest BCUT2D eigenvalue weighted by Crippen LogP contribution is -2.47. The summed E-state index contributed by atoms with van der Waals surface area (Å²) in [6.07, 6.45) is 3.68. The standard InChI is InChI=1S/C15H22N2O/c1-17-12-6-7-15(17)14(9-18)13(8-12)10-2-4-11(16)5-3-10/h2-5,12-15,18H,6-9,16H2,1H3/t12-,13+,14-,15+/m0/s1. The molecule has 0 radical (unpaired) electrons. The molecule has 0 aliphatic carbocycles. The summed E-state index contributed by atoms with van der Waals surface area (Å²) in [5.74, 6) is 0.863. The lowest BCUT2D eigenvalue weighted by Gasteiger charge is -2.42. The van der Waals surface area contributed by atoms with Gasteiger partial charge in [-0.25, -0.2) is 0 Å². The molecule has 3 heteroatoms. The zero-order valence-corrected chi connectivity index (χ0v) is 10.9. The van der Waals surface area contributed by atoms with E-state index in [4.69, 9.17) is 5.73 Å². The fraction of sp³-hybridized carbons (Fsp3) is 0.600. The predicted molar refractivity (Wildman–Crippen MR) is 73.4 cm³/mol. The molecule has 0 unspecified atom stereocenters. The van der Waals surface area contributed by atoms with Crippen molar-refractivity contribution in [3.63, 3.8) is 0 Å². The zero-order valence-electron chi connectivity index (χ0n) is 10.9. The topological polar surface area (TPSA) is 49.5 Å². The Kier molecular flexibility index (Phi) is 3.04. The molecule has 2 saturated heterocycles. The van der Waals surface area contributed by atoms with Gasteiger partial charge in [-0.2, -0.15) is 0 Å². The van der Waals surface area contributed by atoms with Crippen LogP contribution in [0.15, 0.2) is 24.3 Å². The number of benzene rings is 1. The zero-order chi connectivity index (χ0) is 12.7. The highest BCUT2D eigenvalue weighted by molar-refractivity contribution is 5.40. The highest BCUT2D eigenvalue weighted by Crippen LogP contribution is 2.45. The molecular formula is C15H22N2O. The minimum atomic E-state index is 0.288. The lowest BCUT2D eigenvalue weighted by atomic mass is 9.76. The van der Waals surface area contributed by atoms with Crippen LogP contribution >= 0.6 is 0 Å². The molecule has 2 bridgehead atoms. The third-order valence-electron chi connectivity index (χ3n) is 5.01. The first kappa shape index (κ1) is 12.0.